The normalized spacial score (nSPS) is 14.3. The largest absolute Gasteiger partial charge is 0.481 e. The van der Waals surface area contributed by atoms with Crippen LogP contribution in [0.3, 0.4) is 0 Å². The Morgan fingerprint density at radius 2 is 1.31 bits per heavy atom. The van der Waals surface area contributed by atoms with Gasteiger partial charge in [-0.05, 0) is 12.0 Å². The zero-order valence-corrected chi connectivity index (χ0v) is 18.7. The van der Waals surface area contributed by atoms with Gasteiger partial charge in [0.2, 0.25) is 17.7 Å². The van der Waals surface area contributed by atoms with Gasteiger partial charge in [-0.3, -0.25) is 19.2 Å². The number of hydrogen-bond acceptors (Lipinski definition) is 8. The summed E-state index contributed by atoms with van der Waals surface area (Å²) in [6.45, 7) is 0. The summed E-state index contributed by atoms with van der Waals surface area (Å²) in [6.07, 6.45) is -0.588. The zero-order chi connectivity index (χ0) is 24.3. The second kappa shape index (κ2) is 13.6. The molecule has 4 atom stereocenters. The predicted molar refractivity (Wildman–Crippen MR) is 122 cm³/mol. The molecule has 0 heterocycles. The number of nitrogens with one attached hydrogen (secondary N) is 3. The fraction of sp³-hybridized carbons (Fsp3) is 0.421. The standard InChI is InChI=1S/C19H26N4O7S2/c20-11(6-10-4-2-1-3-5-10)16(26)22-13(8-31)18(28)21-12(7-15(24)25)17(27)23-14(9-32)19(29)30/h1-5,11-14,31-32H,6-9,20H2,(H,21,28)(H,22,26)(H,23,27)(H,24,25)(H,29,30). The highest BCUT2D eigenvalue weighted by molar-refractivity contribution is 7.80. The van der Waals surface area contributed by atoms with Crippen molar-refractivity contribution in [2.75, 3.05) is 11.5 Å². The Balaban J connectivity index is 2.80. The Morgan fingerprint density at radius 1 is 0.812 bits per heavy atom. The highest BCUT2D eigenvalue weighted by Gasteiger charge is 2.30. The maximum absolute atomic E-state index is 12.6. The molecule has 11 nitrogen and oxygen atoms in total. The average molecular weight is 487 g/mol. The van der Waals surface area contributed by atoms with Gasteiger partial charge in [-0.25, -0.2) is 4.79 Å². The van der Waals surface area contributed by atoms with E-state index in [-0.39, 0.29) is 17.9 Å². The third-order valence-corrected chi connectivity index (χ3v) is 4.99. The Hall–Kier alpha value is -2.77. The van der Waals surface area contributed by atoms with Crippen LogP contribution >= 0.6 is 25.3 Å². The summed E-state index contributed by atoms with van der Waals surface area (Å²) in [5.41, 5.74) is 6.71. The Bertz CT molecular complexity index is 825. The number of thiol groups is 2. The van der Waals surface area contributed by atoms with E-state index in [4.69, 9.17) is 15.9 Å². The van der Waals surface area contributed by atoms with Gasteiger partial charge in [0.15, 0.2) is 0 Å². The number of hydrogen-bond donors (Lipinski definition) is 8. The second-order valence-electron chi connectivity index (χ2n) is 6.78. The van der Waals surface area contributed by atoms with E-state index < -0.39 is 60.2 Å². The van der Waals surface area contributed by atoms with Gasteiger partial charge in [0, 0.05) is 11.5 Å². The maximum Gasteiger partial charge on any atom is 0.327 e. The number of carboxylic acid groups (broad SMARTS) is 2. The SMILES string of the molecule is NC(Cc1ccccc1)C(=O)NC(CS)C(=O)NC(CC(=O)O)C(=O)NC(CS)C(=O)O. The van der Waals surface area contributed by atoms with Crippen molar-refractivity contribution in [1.82, 2.24) is 16.0 Å². The summed E-state index contributed by atoms with van der Waals surface area (Å²) in [7, 11) is 0. The van der Waals surface area contributed by atoms with Gasteiger partial charge in [-0.2, -0.15) is 25.3 Å². The summed E-state index contributed by atoms with van der Waals surface area (Å²) >= 11 is 7.83. The minimum atomic E-state index is -1.58. The number of aliphatic carboxylic acids is 2. The quantitative estimate of drug-likeness (QED) is 0.154. The summed E-state index contributed by atoms with van der Waals surface area (Å²) in [5, 5.41) is 24.8. The number of nitrogens with two attached hydrogens (primary N) is 1. The maximum atomic E-state index is 12.6. The molecule has 176 valence electrons. The minimum Gasteiger partial charge on any atom is -0.481 e. The molecule has 0 radical (unpaired) electrons. The molecule has 13 heteroatoms. The van der Waals surface area contributed by atoms with E-state index in [9.17, 15) is 24.0 Å². The monoisotopic (exact) mass is 486 g/mol. The fourth-order valence-corrected chi connectivity index (χ4v) is 3.05. The molecular weight excluding hydrogens is 460 g/mol. The number of carbonyl (C=O) groups is 5. The minimum absolute atomic E-state index is 0.161. The van der Waals surface area contributed by atoms with Crippen LogP contribution in [-0.4, -0.2) is 75.5 Å². The van der Waals surface area contributed by atoms with Gasteiger partial charge >= 0.3 is 11.9 Å². The lowest BCUT2D eigenvalue weighted by molar-refractivity contribution is -0.143. The van der Waals surface area contributed by atoms with Crippen molar-refractivity contribution in [1.29, 1.82) is 0 Å². The zero-order valence-electron chi connectivity index (χ0n) is 16.9. The predicted octanol–water partition coefficient (Wildman–Crippen LogP) is -1.57. The van der Waals surface area contributed by atoms with Crippen molar-refractivity contribution < 1.29 is 34.2 Å². The molecule has 0 aliphatic carbocycles. The van der Waals surface area contributed by atoms with Crippen LogP contribution in [0.4, 0.5) is 0 Å². The van der Waals surface area contributed by atoms with Crippen molar-refractivity contribution in [2.45, 2.75) is 37.0 Å². The van der Waals surface area contributed by atoms with Crippen LogP contribution in [0.5, 0.6) is 0 Å². The number of amides is 3. The molecule has 1 aromatic rings. The van der Waals surface area contributed by atoms with Crippen LogP contribution in [0.15, 0.2) is 30.3 Å². The second-order valence-corrected chi connectivity index (χ2v) is 7.51. The first-order valence-electron chi connectivity index (χ1n) is 9.46. The lowest BCUT2D eigenvalue weighted by Crippen LogP contribution is -2.58. The van der Waals surface area contributed by atoms with Gasteiger partial charge in [-0.15, -0.1) is 0 Å². The van der Waals surface area contributed by atoms with Crippen molar-refractivity contribution in [3.63, 3.8) is 0 Å². The van der Waals surface area contributed by atoms with Crippen LogP contribution < -0.4 is 21.7 Å². The lowest BCUT2D eigenvalue weighted by atomic mass is 10.1. The first-order chi connectivity index (χ1) is 15.1. The first-order valence-corrected chi connectivity index (χ1v) is 10.7. The third kappa shape index (κ3) is 9.16. The van der Waals surface area contributed by atoms with E-state index in [2.05, 4.69) is 41.2 Å². The van der Waals surface area contributed by atoms with Crippen LogP contribution in [-0.2, 0) is 30.4 Å². The highest BCUT2D eigenvalue weighted by atomic mass is 32.1. The molecule has 0 fully saturated rings. The summed E-state index contributed by atoms with van der Waals surface area (Å²) in [6, 6.07) is 3.85. The van der Waals surface area contributed by atoms with Gasteiger partial charge in [0.1, 0.15) is 18.1 Å². The lowest BCUT2D eigenvalue weighted by Gasteiger charge is -2.23. The molecule has 0 aromatic heterocycles. The molecule has 32 heavy (non-hydrogen) atoms. The third-order valence-electron chi connectivity index (χ3n) is 4.26. The molecule has 0 saturated heterocycles. The number of carboxylic acids is 2. The number of benzene rings is 1. The van der Waals surface area contributed by atoms with Crippen molar-refractivity contribution in [2.24, 2.45) is 5.73 Å². The van der Waals surface area contributed by atoms with Gasteiger partial charge < -0.3 is 31.9 Å². The molecule has 1 aromatic carbocycles. The molecular formula is C19H26N4O7S2. The van der Waals surface area contributed by atoms with Crippen LogP contribution in [0.2, 0.25) is 0 Å². The van der Waals surface area contributed by atoms with Crippen molar-refractivity contribution in [3.05, 3.63) is 35.9 Å². The van der Waals surface area contributed by atoms with Gasteiger partial charge in [0.25, 0.3) is 0 Å². The summed E-state index contributed by atoms with van der Waals surface area (Å²) in [4.78, 5) is 59.4. The Labute approximate surface area is 195 Å². The summed E-state index contributed by atoms with van der Waals surface area (Å²) < 4.78 is 0. The molecule has 0 spiro atoms. The highest BCUT2D eigenvalue weighted by Crippen LogP contribution is 2.03. The fourth-order valence-electron chi connectivity index (χ4n) is 2.55. The topological polar surface area (TPSA) is 188 Å². The van der Waals surface area contributed by atoms with E-state index in [1.807, 2.05) is 6.07 Å². The molecule has 7 N–H and O–H groups in total. The Morgan fingerprint density at radius 3 is 1.81 bits per heavy atom. The Kier molecular flexibility index (Phi) is 11.6. The summed E-state index contributed by atoms with van der Waals surface area (Å²) in [5.74, 6) is -5.72. The van der Waals surface area contributed by atoms with Gasteiger partial charge in [0.05, 0.1) is 12.5 Å². The van der Waals surface area contributed by atoms with E-state index in [0.29, 0.717) is 0 Å². The van der Waals surface area contributed by atoms with Crippen LogP contribution in [0.25, 0.3) is 0 Å². The van der Waals surface area contributed by atoms with Crippen molar-refractivity contribution in [3.8, 4) is 0 Å². The first kappa shape index (κ1) is 27.3. The molecule has 0 bridgehead atoms. The van der Waals surface area contributed by atoms with E-state index in [0.717, 1.165) is 5.56 Å². The smallest absolute Gasteiger partial charge is 0.327 e. The molecule has 0 aliphatic heterocycles. The van der Waals surface area contributed by atoms with Crippen LogP contribution in [0.1, 0.15) is 12.0 Å². The van der Waals surface area contributed by atoms with E-state index in [1.165, 1.54) is 0 Å². The molecule has 0 aliphatic rings. The molecule has 0 saturated carbocycles. The average Bonchev–Trinajstić information content (AvgIpc) is 2.74. The van der Waals surface area contributed by atoms with E-state index >= 15 is 0 Å². The molecule has 3 amide bonds. The van der Waals surface area contributed by atoms with Gasteiger partial charge in [-0.1, -0.05) is 30.3 Å². The number of rotatable bonds is 13. The van der Waals surface area contributed by atoms with Crippen LogP contribution in [0, 0.1) is 0 Å². The van der Waals surface area contributed by atoms with E-state index in [1.54, 1.807) is 24.3 Å². The number of carbonyl (C=O) groups excluding carboxylic acids is 3. The van der Waals surface area contributed by atoms with Crippen molar-refractivity contribution >= 4 is 54.9 Å². The molecule has 4 unspecified atom stereocenters. The molecule has 1 rings (SSSR count).